The maximum atomic E-state index is 5.74. The first-order valence-electron chi connectivity index (χ1n) is 5.41. The molecular formula is C11H16ClN3. The normalized spacial score (nSPS) is 16.9. The maximum Gasteiger partial charge on any atom is 0.147 e. The molecule has 0 amide bonds. The summed E-state index contributed by atoms with van der Waals surface area (Å²) in [5.41, 5.74) is 0.846. The van der Waals surface area contributed by atoms with Gasteiger partial charge in [-0.2, -0.15) is 0 Å². The van der Waals surface area contributed by atoms with E-state index < -0.39 is 0 Å². The molecule has 1 aromatic heterocycles. The highest BCUT2D eigenvalue weighted by Crippen LogP contribution is 2.25. The van der Waals surface area contributed by atoms with Gasteiger partial charge in [-0.25, -0.2) is 4.98 Å². The van der Waals surface area contributed by atoms with Crippen LogP contribution in [0.1, 0.15) is 31.4 Å². The van der Waals surface area contributed by atoms with Crippen molar-refractivity contribution in [2.75, 3.05) is 11.9 Å². The van der Waals surface area contributed by atoms with Crippen molar-refractivity contribution in [2.45, 2.75) is 37.6 Å². The van der Waals surface area contributed by atoms with Gasteiger partial charge in [0, 0.05) is 19.3 Å². The van der Waals surface area contributed by atoms with E-state index in [1.165, 1.54) is 25.7 Å². The summed E-state index contributed by atoms with van der Waals surface area (Å²) in [6, 6.07) is 0.630. The summed E-state index contributed by atoms with van der Waals surface area (Å²) in [6.45, 7) is 0. The molecule has 0 atom stereocenters. The summed E-state index contributed by atoms with van der Waals surface area (Å²) in [5.74, 6) is 1.37. The third kappa shape index (κ3) is 2.40. The summed E-state index contributed by atoms with van der Waals surface area (Å²) in [5, 5.41) is 0. The fraction of sp³-hybridized carbons (Fsp3) is 0.636. The molecule has 0 spiro atoms. The lowest BCUT2D eigenvalue weighted by molar-refractivity contribution is 0.644. The van der Waals surface area contributed by atoms with Gasteiger partial charge in [0.25, 0.3) is 0 Å². The molecule has 1 aliphatic carbocycles. The number of alkyl halides is 1. The van der Waals surface area contributed by atoms with E-state index in [9.17, 15) is 0 Å². The Morgan fingerprint density at radius 2 is 2.13 bits per heavy atom. The molecule has 0 bridgehead atoms. The highest BCUT2D eigenvalue weighted by atomic mass is 35.5. The summed E-state index contributed by atoms with van der Waals surface area (Å²) in [7, 11) is 2.10. The predicted octanol–water partition coefficient (Wildman–Crippen LogP) is 2.59. The van der Waals surface area contributed by atoms with Gasteiger partial charge in [0.2, 0.25) is 0 Å². The van der Waals surface area contributed by atoms with Gasteiger partial charge in [-0.15, -0.1) is 11.6 Å². The van der Waals surface area contributed by atoms with Gasteiger partial charge in [0.1, 0.15) is 5.82 Å². The van der Waals surface area contributed by atoms with Crippen molar-refractivity contribution in [1.82, 2.24) is 9.97 Å². The SMILES string of the molecule is CN(c1cncc(CCl)n1)C1CCCC1. The van der Waals surface area contributed by atoms with Gasteiger partial charge in [-0.1, -0.05) is 12.8 Å². The van der Waals surface area contributed by atoms with Crippen LogP contribution in [0.3, 0.4) is 0 Å². The topological polar surface area (TPSA) is 29.0 Å². The van der Waals surface area contributed by atoms with E-state index in [0.717, 1.165) is 11.5 Å². The second-order valence-electron chi connectivity index (χ2n) is 4.05. The molecule has 0 aliphatic heterocycles. The van der Waals surface area contributed by atoms with E-state index in [0.29, 0.717) is 11.9 Å². The summed E-state index contributed by atoms with van der Waals surface area (Å²) in [6.07, 6.45) is 8.73. The Morgan fingerprint density at radius 3 is 2.80 bits per heavy atom. The minimum atomic E-state index is 0.430. The lowest BCUT2D eigenvalue weighted by atomic mass is 10.2. The van der Waals surface area contributed by atoms with E-state index >= 15 is 0 Å². The zero-order valence-corrected chi connectivity index (χ0v) is 9.74. The number of halogens is 1. The highest BCUT2D eigenvalue weighted by molar-refractivity contribution is 6.16. The standard InChI is InChI=1S/C11H16ClN3/c1-15(10-4-2-3-5-10)11-8-13-7-9(6-12)14-11/h7-8,10H,2-6H2,1H3. The van der Waals surface area contributed by atoms with Crippen LogP contribution in [0.25, 0.3) is 0 Å². The molecule has 1 heterocycles. The van der Waals surface area contributed by atoms with Gasteiger partial charge >= 0.3 is 0 Å². The number of nitrogens with zero attached hydrogens (tertiary/aromatic N) is 3. The van der Waals surface area contributed by atoms with Gasteiger partial charge in [-0.3, -0.25) is 4.98 Å². The van der Waals surface area contributed by atoms with Crippen LogP contribution < -0.4 is 4.90 Å². The van der Waals surface area contributed by atoms with E-state index in [-0.39, 0.29) is 0 Å². The fourth-order valence-corrected chi connectivity index (χ4v) is 2.24. The minimum absolute atomic E-state index is 0.430. The first-order chi connectivity index (χ1) is 7.31. The van der Waals surface area contributed by atoms with Crippen LogP contribution in [0.2, 0.25) is 0 Å². The van der Waals surface area contributed by atoms with Crippen molar-refractivity contribution in [1.29, 1.82) is 0 Å². The van der Waals surface area contributed by atoms with E-state index in [1.54, 1.807) is 6.20 Å². The van der Waals surface area contributed by atoms with Crippen LogP contribution in [0.5, 0.6) is 0 Å². The van der Waals surface area contributed by atoms with Crippen LogP contribution in [0, 0.1) is 0 Å². The second kappa shape index (κ2) is 4.79. The highest BCUT2D eigenvalue weighted by Gasteiger charge is 2.20. The third-order valence-corrected chi connectivity index (χ3v) is 3.32. The molecule has 4 heteroatoms. The average Bonchev–Trinajstić information content (AvgIpc) is 2.81. The fourth-order valence-electron chi connectivity index (χ4n) is 2.11. The smallest absolute Gasteiger partial charge is 0.147 e. The molecule has 82 valence electrons. The number of hydrogen-bond donors (Lipinski definition) is 0. The Hall–Kier alpha value is -0.830. The van der Waals surface area contributed by atoms with Crippen molar-refractivity contribution < 1.29 is 0 Å². The van der Waals surface area contributed by atoms with E-state index in [2.05, 4.69) is 21.9 Å². The van der Waals surface area contributed by atoms with Gasteiger partial charge in [-0.05, 0) is 12.8 Å². The Bertz CT molecular complexity index is 323. The van der Waals surface area contributed by atoms with Crippen LogP contribution in [0.15, 0.2) is 12.4 Å². The molecule has 3 nitrogen and oxygen atoms in total. The van der Waals surface area contributed by atoms with Crippen LogP contribution >= 0.6 is 11.6 Å². The molecule has 0 saturated heterocycles. The van der Waals surface area contributed by atoms with E-state index in [1.807, 2.05) is 6.20 Å². The Morgan fingerprint density at radius 1 is 1.40 bits per heavy atom. The summed E-state index contributed by atoms with van der Waals surface area (Å²) < 4.78 is 0. The molecule has 15 heavy (non-hydrogen) atoms. The van der Waals surface area contributed by atoms with E-state index in [4.69, 9.17) is 11.6 Å². The molecule has 0 aromatic carbocycles. The predicted molar refractivity (Wildman–Crippen MR) is 62.2 cm³/mol. The van der Waals surface area contributed by atoms with Crippen molar-refractivity contribution >= 4 is 17.4 Å². The van der Waals surface area contributed by atoms with Gasteiger partial charge in [0.15, 0.2) is 0 Å². The average molecular weight is 226 g/mol. The number of aromatic nitrogens is 2. The van der Waals surface area contributed by atoms with Crippen molar-refractivity contribution in [3.63, 3.8) is 0 Å². The van der Waals surface area contributed by atoms with Crippen LogP contribution in [-0.4, -0.2) is 23.1 Å². The van der Waals surface area contributed by atoms with Crippen molar-refractivity contribution in [3.05, 3.63) is 18.1 Å². The molecule has 1 aliphatic rings. The third-order valence-electron chi connectivity index (χ3n) is 3.04. The molecule has 1 saturated carbocycles. The molecular weight excluding hydrogens is 210 g/mol. The second-order valence-corrected chi connectivity index (χ2v) is 4.32. The summed E-state index contributed by atoms with van der Waals surface area (Å²) >= 11 is 5.74. The first kappa shape index (κ1) is 10.7. The zero-order chi connectivity index (χ0) is 10.7. The minimum Gasteiger partial charge on any atom is -0.355 e. The van der Waals surface area contributed by atoms with Gasteiger partial charge < -0.3 is 4.90 Å². The summed E-state index contributed by atoms with van der Waals surface area (Å²) in [4.78, 5) is 10.9. The lowest BCUT2D eigenvalue weighted by Crippen LogP contribution is -2.29. The van der Waals surface area contributed by atoms with Crippen LogP contribution in [-0.2, 0) is 5.88 Å². The Balaban J connectivity index is 2.13. The Kier molecular flexibility index (Phi) is 3.41. The number of rotatable bonds is 3. The molecule has 0 N–H and O–H groups in total. The molecule has 0 radical (unpaired) electrons. The lowest BCUT2D eigenvalue weighted by Gasteiger charge is -2.25. The van der Waals surface area contributed by atoms with Crippen molar-refractivity contribution in [2.24, 2.45) is 0 Å². The number of hydrogen-bond acceptors (Lipinski definition) is 3. The Labute approximate surface area is 95.5 Å². The zero-order valence-electron chi connectivity index (χ0n) is 8.99. The largest absolute Gasteiger partial charge is 0.355 e. The maximum absolute atomic E-state index is 5.74. The molecule has 1 fully saturated rings. The molecule has 1 aromatic rings. The van der Waals surface area contributed by atoms with Gasteiger partial charge in [0.05, 0.1) is 17.8 Å². The van der Waals surface area contributed by atoms with Crippen molar-refractivity contribution in [3.8, 4) is 0 Å². The quantitative estimate of drug-likeness (QED) is 0.741. The molecule has 2 rings (SSSR count). The first-order valence-corrected chi connectivity index (χ1v) is 5.94. The van der Waals surface area contributed by atoms with Crippen LogP contribution in [0.4, 0.5) is 5.82 Å². The monoisotopic (exact) mass is 225 g/mol. The molecule has 0 unspecified atom stereocenters. The number of anilines is 1.